The zero-order valence-electron chi connectivity index (χ0n) is 11.6. The summed E-state index contributed by atoms with van der Waals surface area (Å²) in [6.07, 6.45) is -0.0634. The molecule has 8 heteroatoms. The van der Waals surface area contributed by atoms with Crippen molar-refractivity contribution in [2.75, 3.05) is 19.3 Å². The fourth-order valence-electron chi connectivity index (χ4n) is 1.52. The number of hydrogen-bond acceptors (Lipinski definition) is 4. The van der Waals surface area contributed by atoms with Gasteiger partial charge in [0.1, 0.15) is 5.82 Å². The topological polar surface area (TPSA) is 92.3 Å². The van der Waals surface area contributed by atoms with Crippen LogP contribution in [0.25, 0.3) is 0 Å². The number of Topliss-reactive ketones (excluding diaryl/α,β-unsaturated/α-hetero) is 1. The van der Waals surface area contributed by atoms with Crippen LogP contribution in [0.15, 0.2) is 24.3 Å². The predicted octanol–water partition coefficient (Wildman–Crippen LogP) is 0.454. The minimum Gasteiger partial charge on any atom is -0.355 e. The van der Waals surface area contributed by atoms with Gasteiger partial charge in [-0.2, -0.15) is 0 Å². The third kappa shape index (κ3) is 6.46. The molecule has 0 aliphatic carbocycles. The van der Waals surface area contributed by atoms with Crippen LogP contribution in [-0.4, -0.2) is 39.5 Å². The van der Waals surface area contributed by atoms with Gasteiger partial charge in [-0.25, -0.2) is 17.5 Å². The van der Waals surface area contributed by atoms with E-state index in [4.69, 9.17) is 0 Å². The van der Waals surface area contributed by atoms with Crippen molar-refractivity contribution in [3.63, 3.8) is 0 Å². The summed E-state index contributed by atoms with van der Waals surface area (Å²) >= 11 is 0. The Kier molecular flexibility index (Phi) is 6.44. The quantitative estimate of drug-likeness (QED) is 0.681. The van der Waals surface area contributed by atoms with Crippen molar-refractivity contribution in [2.45, 2.75) is 12.8 Å². The summed E-state index contributed by atoms with van der Waals surface area (Å²) in [6, 6.07) is 5.07. The van der Waals surface area contributed by atoms with Gasteiger partial charge in [-0.05, 0) is 31.3 Å². The molecule has 0 aliphatic rings. The first-order valence-electron chi connectivity index (χ1n) is 6.31. The Hall–Kier alpha value is -1.80. The number of amides is 1. The Labute approximate surface area is 122 Å². The number of ketones is 1. The van der Waals surface area contributed by atoms with E-state index in [9.17, 15) is 22.4 Å². The first-order chi connectivity index (χ1) is 9.84. The summed E-state index contributed by atoms with van der Waals surface area (Å²) < 4.78 is 37.1. The fourth-order valence-corrected chi connectivity index (χ4v) is 2.10. The molecule has 1 amide bonds. The smallest absolute Gasteiger partial charge is 0.220 e. The number of sulfonamides is 1. The fraction of sp³-hybridized carbons (Fsp3) is 0.385. The van der Waals surface area contributed by atoms with Gasteiger partial charge in [0.25, 0.3) is 0 Å². The van der Waals surface area contributed by atoms with E-state index in [0.717, 1.165) is 0 Å². The number of carbonyl (C=O) groups excluding carboxylic acids is 2. The average Bonchev–Trinajstić information content (AvgIpc) is 2.45. The number of carbonyl (C=O) groups is 2. The molecule has 0 heterocycles. The summed E-state index contributed by atoms with van der Waals surface area (Å²) in [6.45, 7) is -0.0211. The molecule has 1 rings (SSSR count). The van der Waals surface area contributed by atoms with E-state index < -0.39 is 21.7 Å². The van der Waals surface area contributed by atoms with Crippen LogP contribution in [0.1, 0.15) is 23.2 Å². The Bertz CT molecular complexity index is 599. The van der Waals surface area contributed by atoms with Gasteiger partial charge in [0.15, 0.2) is 5.78 Å². The number of hydrogen-bond donors (Lipinski definition) is 2. The maximum Gasteiger partial charge on any atom is 0.220 e. The number of nitrogens with one attached hydrogen (secondary N) is 2. The van der Waals surface area contributed by atoms with Gasteiger partial charge in [0.2, 0.25) is 15.9 Å². The molecule has 0 aromatic heterocycles. The Balaban J connectivity index is 2.33. The molecule has 6 nitrogen and oxygen atoms in total. The summed E-state index contributed by atoms with van der Waals surface area (Å²) in [4.78, 5) is 23.2. The van der Waals surface area contributed by atoms with Gasteiger partial charge in [0, 0.05) is 24.9 Å². The van der Waals surface area contributed by atoms with Crippen LogP contribution < -0.4 is 10.0 Å². The molecule has 1 aromatic carbocycles. The standard InChI is InChI=1S/C13H17FN2O4S/c1-15-21(19,20)9-8-16-13(18)7-6-12(17)10-2-4-11(14)5-3-10/h2-5,15H,6-9H2,1H3,(H,16,18). The van der Waals surface area contributed by atoms with Crippen LogP contribution in [-0.2, 0) is 14.8 Å². The first-order valence-corrected chi connectivity index (χ1v) is 7.96. The molecule has 1 aromatic rings. The molecule has 0 aliphatic heterocycles. The van der Waals surface area contributed by atoms with E-state index in [0.29, 0.717) is 5.56 Å². The summed E-state index contributed by atoms with van der Waals surface area (Å²) in [5, 5.41) is 2.42. The number of halogens is 1. The summed E-state index contributed by atoms with van der Waals surface area (Å²) in [7, 11) is -2.07. The van der Waals surface area contributed by atoms with Gasteiger partial charge in [-0.1, -0.05) is 0 Å². The van der Waals surface area contributed by atoms with Crippen LogP contribution >= 0.6 is 0 Å². The van der Waals surface area contributed by atoms with Crippen molar-refractivity contribution in [3.05, 3.63) is 35.6 Å². The second-order valence-corrected chi connectivity index (χ2v) is 6.35. The first kappa shape index (κ1) is 17.3. The van der Waals surface area contributed by atoms with Gasteiger partial charge in [0.05, 0.1) is 5.75 Å². The van der Waals surface area contributed by atoms with Crippen molar-refractivity contribution < 1.29 is 22.4 Å². The van der Waals surface area contributed by atoms with Crippen LogP contribution in [0.3, 0.4) is 0 Å². The average molecular weight is 316 g/mol. The molecule has 0 saturated carbocycles. The molecule has 21 heavy (non-hydrogen) atoms. The highest BCUT2D eigenvalue weighted by Gasteiger charge is 2.11. The minimum absolute atomic E-state index is 0.0176. The molecule has 2 N–H and O–H groups in total. The second-order valence-electron chi connectivity index (χ2n) is 4.30. The van der Waals surface area contributed by atoms with Crippen LogP contribution in [0.4, 0.5) is 4.39 Å². The number of benzene rings is 1. The summed E-state index contributed by atoms with van der Waals surface area (Å²) in [5.41, 5.74) is 0.335. The molecular formula is C13H17FN2O4S. The molecule has 0 atom stereocenters. The molecule has 116 valence electrons. The Morgan fingerprint density at radius 1 is 1.14 bits per heavy atom. The monoisotopic (exact) mass is 316 g/mol. The Morgan fingerprint density at radius 2 is 1.76 bits per heavy atom. The van der Waals surface area contributed by atoms with Gasteiger partial charge < -0.3 is 5.32 Å². The van der Waals surface area contributed by atoms with E-state index in [-0.39, 0.29) is 30.9 Å². The lowest BCUT2D eigenvalue weighted by atomic mass is 10.1. The van der Waals surface area contributed by atoms with Crippen LogP contribution in [0, 0.1) is 5.82 Å². The van der Waals surface area contributed by atoms with Crippen molar-refractivity contribution in [3.8, 4) is 0 Å². The van der Waals surface area contributed by atoms with Crippen LogP contribution in [0.5, 0.6) is 0 Å². The molecular weight excluding hydrogens is 299 g/mol. The molecule has 0 spiro atoms. The van der Waals surface area contributed by atoms with Crippen LogP contribution in [0.2, 0.25) is 0 Å². The highest BCUT2D eigenvalue weighted by Crippen LogP contribution is 2.07. The normalized spacial score (nSPS) is 11.1. The molecule has 0 bridgehead atoms. The van der Waals surface area contributed by atoms with E-state index in [1.807, 2.05) is 0 Å². The van der Waals surface area contributed by atoms with E-state index in [1.54, 1.807) is 0 Å². The van der Waals surface area contributed by atoms with E-state index in [2.05, 4.69) is 10.0 Å². The van der Waals surface area contributed by atoms with Crippen molar-refractivity contribution in [1.82, 2.24) is 10.0 Å². The minimum atomic E-state index is -3.36. The van der Waals surface area contributed by atoms with Crippen molar-refractivity contribution in [1.29, 1.82) is 0 Å². The van der Waals surface area contributed by atoms with Gasteiger partial charge in [-0.15, -0.1) is 0 Å². The molecule has 0 unspecified atom stereocenters. The lowest BCUT2D eigenvalue weighted by Crippen LogP contribution is -2.33. The van der Waals surface area contributed by atoms with Crippen molar-refractivity contribution in [2.24, 2.45) is 0 Å². The van der Waals surface area contributed by atoms with E-state index in [1.165, 1.54) is 31.3 Å². The second kappa shape index (κ2) is 7.84. The van der Waals surface area contributed by atoms with Crippen molar-refractivity contribution >= 4 is 21.7 Å². The molecule has 0 saturated heterocycles. The zero-order chi connectivity index (χ0) is 15.9. The third-order valence-corrected chi connectivity index (χ3v) is 4.11. The Morgan fingerprint density at radius 3 is 2.33 bits per heavy atom. The largest absolute Gasteiger partial charge is 0.355 e. The maximum atomic E-state index is 12.7. The maximum absolute atomic E-state index is 12.7. The predicted molar refractivity (Wildman–Crippen MR) is 75.8 cm³/mol. The zero-order valence-corrected chi connectivity index (χ0v) is 12.4. The SMILES string of the molecule is CNS(=O)(=O)CCNC(=O)CCC(=O)c1ccc(F)cc1. The highest BCUT2D eigenvalue weighted by atomic mass is 32.2. The molecule has 0 fully saturated rings. The molecule has 0 radical (unpaired) electrons. The summed E-state index contributed by atoms with van der Waals surface area (Å²) in [5.74, 6) is -1.33. The highest BCUT2D eigenvalue weighted by molar-refractivity contribution is 7.89. The van der Waals surface area contributed by atoms with Gasteiger partial charge >= 0.3 is 0 Å². The number of rotatable bonds is 8. The van der Waals surface area contributed by atoms with Gasteiger partial charge in [-0.3, -0.25) is 9.59 Å². The van der Waals surface area contributed by atoms with E-state index >= 15 is 0 Å². The lowest BCUT2D eigenvalue weighted by molar-refractivity contribution is -0.120. The lowest BCUT2D eigenvalue weighted by Gasteiger charge is -2.05. The third-order valence-electron chi connectivity index (χ3n) is 2.75.